The van der Waals surface area contributed by atoms with Crippen molar-refractivity contribution in [1.82, 2.24) is 0 Å². The summed E-state index contributed by atoms with van der Waals surface area (Å²) < 4.78 is 11.4. The number of carbonyl (C=O) groups excluding carboxylic acids is 2. The first kappa shape index (κ1) is 26.4. The van der Waals surface area contributed by atoms with Gasteiger partial charge in [-0.25, -0.2) is 4.79 Å². The summed E-state index contributed by atoms with van der Waals surface area (Å²) in [6.07, 6.45) is 1.82. The molecule has 0 fully saturated rings. The molecular weight excluding hydrogens is 418 g/mol. The Labute approximate surface area is 197 Å². The smallest absolute Gasteiger partial charge is 0.362 e. The third-order valence-electron chi connectivity index (χ3n) is 6.33. The van der Waals surface area contributed by atoms with Crippen LogP contribution in [0.15, 0.2) is 36.4 Å². The van der Waals surface area contributed by atoms with E-state index >= 15 is 0 Å². The SMILES string of the molecule is CCC(CC)(c1ccc(OCC(=O)ON)c(C)c1)c1ccc(OCC(=O)C(C)(C)C)c(C)c1. The average molecular weight is 456 g/mol. The number of ether oxygens (including phenoxy) is 2. The normalized spacial score (nSPS) is 11.8. The first-order valence-corrected chi connectivity index (χ1v) is 11.4. The Morgan fingerprint density at radius 1 is 0.818 bits per heavy atom. The maximum absolute atomic E-state index is 12.2. The van der Waals surface area contributed by atoms with E-state index < -0.39 is 11.4 Å². The van der Waals surface area contributed by atoms with Gasteiger partial charge in [-0.05, 0) is 61.1 Å². The summed E-state index contributed by atoms with van der Waals surface area (Å²) in [5, 5.41) is 0. The number of hydrogen-bond acceptors (Lipinski definition) is 6. The van der Waals surface area contributed by atoms with Crippen molar-refractivity contribution in [1.29, 1.82) is 0 Å². The van der Waals surface area contributed by atoms with Gasteiger partial charge in [0.1, 0.15) is 18.1 Å². The largest absolute Gasteiger partial charge is 0.486 e. The highest BCUT2D eigenvalue weighted by Gasteiger charge is 2.32. The van der Waals surface area contributed by atoms with Crippen LogP contribution in [0.3, 0.4) is 0 Å². The zero-order chi connectivity index (χ0) is 24.8. The third kappa shape index (κ3) is 6.14. The van der Waals surface area contributed by atoms with Crippen LogP contribution in [0, 0.1) is 19.3 Å². The van der Waals surface area contributed by atoms with E-state index in [4.69, 9.17) is 15.4 Å². The Kier molecular flexibility index (Phi) is 8.67. The van der Waals surface area contributed by atoms with E-state index in [-0.39, 0.29) is 24.4 Å². The van der Waals surface area contributed by atoms with Crippen molar-refractivity contribution in [2.24, 2.45) is 11.3 Å². The van der Waals surface area contributed by atoms with Gasteiger partial charge in [0.2, 0.25) is 0 Å². The molecule has 2 aromatic rings. The minimum atomic E-state index is -0.628. The van der Waals surface area contributed by atoms with E-state index in [9.17, 15) is 9.59 Å². The van der Waals surface area contributed by atoms with Crippen LogP contribution in [0.5, 0.6) is 11.5 Å². The quantitative estimate of drug-likeness (QED) is 0.496. The molecule has 180 valence electrons. The van der Waals surface area contributed by atoms with Gasteiger partial charge in [0.25, 0.3) is 0 Å². The summed E-state index contributed by atoms with van der Waals surface area (Å²) >= 11 is 0. The lowest BCUT2D eigenvalue weighted by atomic mass is 9.70. The molecule has 2 aromatic carbocycles. The molecule has 2 rings (SSSR count). The van der Waals surface area contributed by atoms with Crippen LogP contribution in [-0.4, -0.2) is 25.0 Å². The molecule has 0 radical (unpaired) electrons. The highest BCUT2D eigenvalue weighted by atomic mass is 16.7. The number of ketones is 1. The fourth-order valence-corrected chi connectivity index (χ4v) is 3.98. The fourth-order valence-electron chi connectivity index (χ4n) is 3.98. The van der Waals surface area contributed by atoms with Gasteiger partial charge >= 0.3 is 5.97 Å². The van der Waals surface area contributed by atoms with E-state index in [1.54, 1.807) is 0 Å². The number of carbonyl (C=O) groups is 2. The van der Waals surface area contributed by atoms with Crippen molar-refractivity contribution in [2.45, 2.75) is 66.7 Å². The van der Waals surface area contributed by atoms with Gasteiger partial charge in [-0.3, -0.25) is 4.79 Å². The zero-order valence-electron chi connectivity index (χ0n) is 20.9. The van der Waals surface area contributed by atoms with Crippen LogP contribution in [0.1, 0.15) is 69.7 Å². The average Bonchev–Trinajstić information content (AvgIpc) is 2.78. The molecule has 0 atom stereocenters. The first-order chi connectivity index (χ1) is 15.5. The number of rotatable bonds is 10. The molecular formula is C27H37NO5. The maximum Gasteiger partial charge on any atom is 0.362 e. The third-order valence-corrected chi connectivity index (χ3v) is 6.33. The Morgan fingerprint density at radius 2 is 1.27 bits per heavy atom. The van der Waals surface area contributed by atoms with Gasteiger partial charge in [-0.15, -0.1) is 0 Å². The summed E-state index contributed by atoms with van der Waals surface area (Å²) in [5.74, 6) is 5.66. The van der Waals surface area contributed by atoms with Crippen LogP contribution in [0.25, 0.3) is 0 Å². The number of nitrogens with two attached hydrogens (primary N) is 1. The van der Waals surface area contributed by atoms with E-state index in [1.165, 1.54) is 11.1 Å². The van der Waals surface area contributed by atoms with Crippen molar-refractivity contribution >= 4 is 11.8 Å². The highest BCUT2D eigenvalue weighted by Crippen LogP contribution is 2.41. The van der Waals surface area contributed by atoms with Crippen molar-refractivity contribution < 1.29 is 23.9 Å². The minimum absolute atomic E-state index is 0.0642. The summed E-state index contributed by atoms with van der Waals surface area (Å²) in [6.45, 7) is 13.8. The Hall–Kier alpha value is -2.86. The van der Waals surface area contributed by atoms with Gasteiger partial charge in [-0.2, -0.15) is 5.90 Å². The van der Waals surface area contributed by atoms with Gasteiger partial charge in [0.15, 0.2) is 12.4 Å². The molecule has 0 aliphatic rings. The lowest BCUT2D eigenvalue weighted by Gasteiger charge is -2.34. The molecule has 0 aromatic heterocycles. The van der Waals surface area contributed by atoms with Crippen molar-refractivity contribution in [3.63, 3.8) is 0 Å². The summed E-state index contributed by atoms with van der Waals surface area (Å²) in [7, 11) is 0. The standard InChI is InChI=1S/C27H37NO5/c1-8-27(9-2,21-11-13-23(19(4)15-21)32-17-25(30)33-28)20-10-12-22(18(3)14-20)31-16-24(29)26(5,6)7/h10-15H,8-9,16-17,28H2,1-7H3. The molecule has 0 aliphatic heterocycles. The Balaban J connectivity index is 2.33. The lowest BCUT2D eigenvalue weighted by Crippen LogP contribution is -2.27. The van der Waals surface area contributed by atoms with E-state index in [2.05, 4.69) is 36.9 Å². The summed E-state index contributed by atoms with van der Waals surface area (Å²) in [6, 6.07) is 12.2. The zero-order valence-corrected chi connectivity index (χ0v) is 20.9. The van der Waals surface area contributed by atoms with Crippen molar-refractivity contribution in [2.75, 3.05) is 13.2 Å². The van der Waals surface area contributed by atoms with Crippen LogP contribution < -0.4 is 15.4 Å². The number of benzene rings is 2. The van der Waals surface area contributed by atoms with E-state index in [0.29, 0.717) is 5.75 Å². The van der Waals surface area contributed by atoms with Crippen LogP contribution >= 0.6 is 0 Å². The first-order valence-electron chi connectivity index (χ1n) is 11.4. The van der Waals surface area contributed by atoms with Crippen LogP contribution in [0.4, 0.5) is 0 Å². The molecule has 0 aliphatic carbocycles. The molecule has 33 heavy (non-hydrogen) atoms. The Morgan fingerprint density at radius 3 is 1.64 bits per heavy atom. The van der Waals surface area contributed by atoms with E-state index in [0.717, 1.165) is 29.7 Å². The molecule has 6 heteroatoms. The molecule has 0 amide bonds. The lowest BCUT2D eigenvalue weighted by molar-refractivity contribution is -0.146. The topological polar surface area (TPSA) is 87.8 Å². The van der Waals surface area contributed by atoms with Gasteiger partial charge in [-0.1, -0.05) is 58.9 Å². The summed E-state index contributed by atoms with van der Waals surface area (Å²) in [4.78, 5) is 27.7. The predicted octanol–water partition coefficient (Wildman–Crippen LogP) is 5.20. The van der Waals surface area contributed by atoms with E-state index in [1.807, 2.05) is 52.8 Å². The van der Waals surface area contributed by atoms with Gasteiger partial charge in [0, 0.05) is 10.8 Å². The second-order valence-electron chi connectivity index (χ2n) is 9.49. The highest BCUT2D eigenvalue weighted by molar-refractivity contribution is 5.85. The molecule has 0 saturated heterocycles. The Bertz CT molecular complexity index is 986. The monoisotopic (exact) mass is 455 g/mol. The molecule has 6 nitrogen and oxygen atoms in total. The predicted molar refractivity (Wildman–Crippen MR) is 129 cm³/mol. The number of aryl methyl sites for hydroxylation is 2. The van der Waals surface area contributed by atoms with Crippen molar-refractivity contribution in [3.8, 4) is 11.5 Å². The molecule has 0 unspecified atom stereocenters. The number of hydrogen-bond donors (Lipinski definition) is 1. The molecule has 0 heterocycles. The van der Waals surface area contributed by atoms with Crippen molar-refractivity contribution in [3.05, 3.63) is 58.7 Å². The minimum Gasteiger partial charge on any atom is -0.486 e. The van der Waals surface area contributed by atoms with Crippen LogP contribution in [-0.2, 0) is 19.8 Å². The molecule has 0 bridgehead atoms. The molecule has 2 N–H and O–H groups in total. The second-order valence-corrected chi connectivity index (χ2v) is 9.49. The fraction of sp³-hybridized carbons (Fsp3) is 0.481. The number of Topliss-reactive ketones (excluding diaryl/α,β-unsaturated/α-hetero) is 1. The second kappa shape index (κ2) is 10.8. The van der Waals surface area contributed by atoms with Gasteiger partial charge in [0.05, 0.1) is 0 Å². The van der Waals surface area contributed by atoms with Crippen LogP contribution in [0.2, 0.25) is 0 Å². The maximum atomic E-state index is 12.2. The molecule has 0 saturated carbocycles. The molecule has 0 spiro atoms. The van der Waals surface area contributed by atoms with Gasteiger partial charge < -0.3 is 14.3 Å². The summed E-state index contributed by atoms with van der Waals surface area (Å²) in [5.41, 5.74) is 3.68.